The second kappa shape index (κ2) is 8.06. The Kier molecular flexibility index (Phi) is 5.76. The van der Waals surface area contributed by atoms with Gasteiger partial charge in [-0.15, -0.1) is 0 Å². The molecule has 1 N–H and O–H groups in total. The highest BCUT2D eigenvalue weighted by atomic mass is 32.2. The standard InChI is InChI=1S/C19H22FN3O3S/c1-27(25,26)18-5-3-2-4-17(18)21-19(24)14-22-10-12-23(13-11-22)16-8-6-15(20)7-9-16/h2-9H,10-14H2,1H3,(H,21,24). The molecule has 8 heteroatoms. The van der Waals surface area contributed by atoms with Crippen LogP contribution in [-0.4, -0.2) is 58.2 Å². The number of amides is 1. The first-order valence-electron chi connectivity index (χ1n) is 8.65. The van der Waals surface area contributed by atoms with Gasteiger partial charge in [0.15, 0.2) is 9.84 Å². The summed E-state index contributed by atoms with van der Waals surface area (Å²) in [4.78, 5) is 16.6. The number of rotatable bonds is 5. The fraction of sp³-hybridized carbons (Fsp3) is 0.316. The van der Waals surface area contributed by atoms with Crippen molar-refractivity contribution in [1.82, 2.24) is 4.90 Å². The van der Waals surface area contributed by atoms with Gasteiger partial charge in [0.25, 0.3) is 0 Å². The van der Waals surface area contributed by atoms with Crippen molar-refractivity contribution >= 4 is 27.1 Å². The summed E-state index contributed by atoms with van der Waals surface area (Å²) in [7, 11) is -3.41. The summed E-state index contributed by atoms with van der Waals surface area (Å²) in [6.07, 6.45) is 1.12. The third kappa shape index (κ3) is 5.05. The van der Waals surface area contributed by atoms with E-state index in [2.05, 4.69) is 10.2 Å². The van der Waals surface area contributed by atoms with Crippen LogP contribution in [0.15, 0.2) is 53.4 Å². The molecule has 6 nitrogen and oxygen atoms in total. The Morgan fingerprint density at radius 1 is 1.04 bits per heavy atom. The van der Waals surface area contributed by atoms with Crippen molar-refractivity contribution in [3.63, 3.8) is 0 Å². The highest BCUT2D eigenvalue weighted by Crippen LogP contribution is 2.21. The van der Waals surface area contributed by atoms with E-state index in [-0.39, 0.29) is 23.2 Å². The zero-order valence-electron chi connectivity index (χ0n) is 15.1. The molecule has 144 valence electrons. The molecule has 1 saturated heterocycles. The number of hydrogen-bond acceptors (Lipinski definition) is 5. The quantitative estimate of drug-likeness (QED) is 0.844. The van der Waals surface area contributed by atoms with Gasteiger partial charge in [0.2, 0.25) is 5.91 Å². The Morgan fingerprint density at radius 3 is 2.30 bits per heavy atom. The number of carbonyl (C=O) groups is 1. The number of anilines is 2. The summed E-state index contributed by atoms with van der Waals surface area (Å²) in [5, 5.41) is 2.70. The number of para-hydroxylation sites is 1. The summed E-state index contributed by atoms with van der Waals surface area (Å²) in [6.45, 7) is 3.05. The minimum Gasteiger partial charge on any atom is -0.369 e. The number of halogens is 1. The lowest BCUT2D eigenvalue weighted by Gasteiger charge is -2.35. The van der Waals surface area contributed by atoms with Gasteiger partial charge in [0.05, 0.1) is 17.1 Å². The monoisotopic (exact) mass is 391 g/mol. The Bertz CT molecular complexity index is 908. The van der Waals surface area contributed by atoms with E-state index in [4.69, 9.17) is 0 Å². The van der Waals surface area contributed by atoms with Crippen LogP contribution in [0.4, 0.5) is 15.8 Å². The van der Waals surface area contributed by atoms with Crippen molar-refractivity contribution in [1.29, 1.82) is 0 Å². The van der Waals surface area contributed by atoms with Crippen molar-refractivity contribution in [3.8, 4) is 0 Å². The van der Waals surface area contributed by atoms with E-state index >= 15 is 0 Å². The zero-order valence-corrected chi connectivity index (χ0v) is 15.9. The molecule has 1 heterocycles. The van der Waals surface area contributed by atoms with Crippen molar-refractivity contribution in [3.05, 3.63) is 54.3 Å². The third-order valence-corrected chi connectivity index (χ3v) is 5.65. The molecule has 0 saturated carbocycles. The first-order chi connectivity index (χ1) is 12.8. The fourth-order valence-corrected chi connectivity index (χ4v) is 3.95. The molecule has 0 aliphatic carbocycles. The lowest BCUT2D eigenvalue weighted by Crippen LogP contribution is -2.48. The second-order valence-corrected chi connectivity index (χ2v) is 8.54. The van der Waals surface area contributed by atoms with E-state index in [1.54, 1.807) is 30.3 Å². The minimum absolute atomic E-state index is 0.111. The van der Waals surface area contributed by atoms with E-state index in [0.717, 1.165) is 25.0 Å². The van der Waals surface area contributed by atoms with Gasteiger partial charge >= 0.3 is 0 Å². The number of hydrogen-bond donors (Lipinski definition) is 1. The Hall–Kier alpha value is -2.45. The molecule has 0 aromatic heterocycles. The molecule has 1 aliphatic rings. The molecular formula is C19H22FN3O3S. The maximum Gasteiger partial charge on any atom is 0.238 e. The number of benzene rings is 2. The Labute approximate surface area is 158 Å². The molecule has 0 unspecified atom stereocenters. The summed E-state index contributed by atoms with van der Waals surface area (Å²) >= 11 is 0. The van der Waals surface area contributed by atoms with Crippen molar-refractivity contribution in [2.75, 3.05) is 49.2 Å². The van der Waals surface area contributed by atoms with E-state index in [0.29, 0.717) is 18.8 Å². The average molecular weight is 391 g/mol. The van der Waals surface area contributed by atoms with Gasteiger partial charge in [-0.1, -0.05) is 12.1 Å². The lowest BCUT2D eigenvalue weighted by molar-refractivity contribution is -0.117. The maximum absolute atomic E-state index is 13.0. The van der Waals surface area contributed by atoms with Crippen LogP contribution >= 0.6 is 0 Å². The molecule has 2 aromatic rings. The number of nitrogens with zero attached hydrogens (tertiary/aromatic N) is 2. The average Bonchev–Trinajstić information content (AvgIpc) is 2.62. The Balaban J connectivity index is 1.55. The molecule has 3 rings (SSSR count). The molecule has 1 fully saturated rings. The topological polar surface area (TPSA) is 69.7 Å². The minimum atomic E-state index is -3.41. The highest BCUT2D eigenvalue weighted by molar-refractivity contribution is 7.90. The first kappa shape index (κ1) is 19.3. The normalized spacial score (nSPS) is 15.6. The molecule has 2 aromatic carbocycles. The lowest BCUT2D eigenvalue weighted by atomic mass is 10.2. The van der Waals surface area contributed by atoms with Gasteiger partial charge in [0, 0.05) is 38.1 Å². The van der Waals surface area contributed by atoms with Crippen molar-refractivity contribution < 1.29 is 17.6 Å². The molecule has 27 heavy (non-hydrogen) atoms. The molecular weight excluding hydrogens is 369 g/mol. The first-order valence-corrected chi connectivity index (χ1v) is 10.5. The van der Waals surface area contributed by atoms with Crippen LogP contribution in [0.1, 0.15) is 0 Å². The third-order valence-electron chi connectivity index (χ3n) is 4.49. The summed E-state index contributed by atoms with van der Waals surface area (Å²) in [5.41, 5.74) is 1.26. The number of carbonyl (C=O) groups excluding carboxylic acids is 1. The Morgan fingerprint density at radius 2 is 1.67 bits per heavy atom. The smallest absolute Gasteiger partial charge is 0.238 e. The van der Waals surface area contributed by atoms with Crippen LogP contribution < -0.4 is 10.2 Å². The van der Waals surface area contributed by atoms with Gasteiger partial charge in [-0.25, -0.2) is 12.8 Å². The van der Waals surface area contributed by atoms with Gasteiger partial charge < -0.3 is 10.2 Å². The maximum atomic E-state index is 13.0. The number of nitrogens with one attached hydrogen (secondary N) is 1. The molecule has 0 radical (unpaired) electrons. The van der Waals surface area contributed by atoms with Crippen LogP contribution in [0.5, 0.6) is 0 Å². The second-order valence-electron chi connectivity index (χ2n) is 6.56. The molecule has 0 spiro atoms. The zero-order chi connectivity index (χ0) is 19.4. The summed E-state index contributed by atoms with van der Waals surface area (Å²) in [5.74, 6) is -0.509. The van der Waals surface area contributed by atoms with Gasteiger partial charge in [0.1, 0.15) is 5.82 Å². The van der Waals surface area contributed by atoms with Gasteiger partial charge in [-0.2, -0.15) is 0 Å². The van der Waals surface area contributed by atoms with Crippen LogP contribution in [0.25, 0.3) is 0 Å². The van der Waals surface area contributed by atoms with Gasteiger partial charge in [-0.05, 0) is 36.4 Å². The molecule has 0 bridgehead atoms. The van der Waals surface area contributed by atoms with Crippen LogP contribution in [0, 0.1) is 5.82 Å². The predicted octanol–water partition coefficient (Wildman–Crippen LogP) is 1.99. The number of piperazine rings is 1. The van der Waals surface area contributed by atoms with Crippen molar-refractivity contribution in [2.24, 2.45) is 0 Å². The SMILES string of the molecule is CS(=O)(=O)c1ccccc1NC(=O)CN1CCN(c2ccc(F)cc2)CC1. The highest BCUT2D eigenvalue weighted by Gasteiger charge is 2.20. The number of sulfone groups is 1. The van der Waals surface area contributed by atoms with E-state index < -0.39 is 9.84 Å². The van der Waals surface area contributed by atoms with E-state index in [9.17, 15) is 17.6 Å². The molecule has 1 amide bonds. The molecule has 0 atom stereocenters. The van der Waals surface area contributed by atoms with Crippen LogP contribution in [-0.2, 0) is 14.6 Å². The van der Waals surface area contributed by atoms with E-state index in [1.165, 1.54) is 18.2 Å². The van der Waals surface area contributed by atoms with Gasteiger partial charge in [-0.3, -0.25) is 9.69 Å². The van der Waals surface area contributed by atoms with Crippen LogP contribution in [0.3, 0.4) is 0 Å². The predicted molar refractivity (Wildman–Crippen MR) is 103 cm³/mol. The van der Waals surface area contributed by atoms with Crippen molar-refractivity contribution in [2.45, 2.75) is 4.90 Å². The largest absolute Gasteiger partial charge is 0.369 e. The molecule has 1 aliphatic heterocycles. The fourth-order valence-electron chi connectivity index (χ4n) is 3.10. The van der Waals surface area contributed by atoms with Crippen LogP contribution in [0.2, 0.25) is 0 Å². The summed E-state index contributed by atoms with van der Waals surface area (Å²) in [6, 6.07) is 12.8. The van der Waals surface area contributed by atoms with E-state index in [1.807, 2.05) is 4.90 Å². The summed E-state index contributed by atoms with van der Waals surface area (Å²) < 4.78 is 36.7.